The maximum absolute atomic E-state index is 12.7. The normalized spacial score (nSPS) is 11.1. The molecule has 0 bridgehead atoms. The molecular formula is C25H24N2O3. The average molecular weight is 400 g/mol. The van der Waals surface area contributed by atoms with Gasteiger partial charge in [0, 0.05) is 16.8 Å². The van der Waals surface area contributed by atoms with Crippen molar-refractivity contribution in [2.45, 2.75) is 33.3 Å². The van der Waals surface area contributed by atoms with E-state index in [9.17, 15) is 4.79 Å². The summed E-state index contributed by atoms with van der Waals surface area (Å²) in [5.74, 6) is 1.03. The number of aryl methyl sites for hydroxylation is 1. The van der Waals surface area contributed by atoms with Gasteiger partial charge in [0.15, 0.2) is 5.58 Å². The quantitative estimate of drug-likeness (QED) is 0.425. The van der Waals surface area contributed by atoms with Crippen LogP contribution in [0.3, 0.4) is 0 Å². The number of nitrogens with one attached hydrogen (secondary N) is 1. The van der Waals surface area contributed by atoms with Crippen LogP contribution in [0.4, 0.5) is 5.69 Å². The zero-order chi connectivity index (χ0) is 21.1. The predicted molar refractivity (Wildman–Crippen MR) is 119 cm³/mol. The molecule has 0 radical (unpaired) electrons. The second kappa shape index (κ2) is 8.41. The molecule has 1 aromatic heterocycles. The van der Waals surface area contributed by atoms with Gasteiger partial charge in [-0.15, -0.1) is 0 Å². The summed E-state index contributed by atoms with van der Waals surface area (Å²) in [5, 5.41) is 2.92. The number of oxazole rings is 1. The molecule has 0 saturated heterocycles. The highest BCUT2D eigenvalue weighted by Crippen LogP contribution is 2.27. The van der Waals surface area contributed by atoms with E-state index in [4.69, 9.17) is 9.15 Å². The molecule has 0 spiro atoms. The Morgan fingerprint density at radius 1 is 1.07 bits per heavy atom. The van der Waals surface area contributed by atoms with E-state index in [1.807, 2.05) is 56.3 Å². The summed E-state index contributed by atoms with van der Waals surface area (Å²) in [6.45, 7) is 6.02. The first-order valence-corrected chi connectivity index (χ1v) is 10.1. The lowest BCUT2D eigenvalue weighted by molar-refractivity contribution is 0.102. The lowest BCUT2D eigenvalue weighted by Gasteiger charge is -2.11. The number of rotatable bonds is 6. The van der Waals surface area contributed by atoms with Gasteiger partial charge in [0.2, 0.25) is 5.89 Å². The number of ether oxygens (including phenoxy) is 1. The highest BCUT2D eigenvalue weighted by atomic mass is 16.5. The molecule has 0 aliphatic heterocycles. The fourth-order valence-corrected chi connectivity index (χ4v) is 3.20. The maximum atomic E-state index is 12.7. The maximum Gasteiger partial charge on any atom is 0.255 e. The zero-order valence-electron chi connectivity index (χ0n) is 17.3. The smallest absolute Gasteiger partial charge is 0.255 e. The minimum absolute atomic E-state index is 0.0465. The van der Waals surface area contributed by atoms with Crippen LogP contribution in [0.1, 0.15) is 36.7 Å². The summed E-state index contributed by atoms with van der Waals surface area (Å²) in [4.78, 5) is 17.3. The number of anilines is 1. The lowest BCUT2D eigenvalue weighted by Crippen LogP contribution is -2.12. The summed E-state index contributed by atoms with van der Waals surface area (Å²) in [6.07, 6.45) is 1.04. The molecule has 0 unspecified atom stereocenters. The fraction of sp³-hybridized carbons (Fsp3) is 0.200. The first-order chi connectivity index (χ1) is 14.5. The number of hydrogen-bond acceptors (Lipinski definition) is 4. The van der Waals surface area contributed by atoms with Crippen molar-refractivity contribution >= 4 is 22.7 Å². The summed E-state index contributed by atoms with van der Waals surface area (Å²) in [6, 6.07) is 20.8. The van der Waals surface area contributed by atoms with Crippen LogP contribution in [0.2, 0.25) is 0 Å². The van der Waals surface area contributed by atoms with Crippen LogP contribution in [0.5, 0.6) is 5.75 Å². The Labute approximate surface area is 175 Å². The molecular weight excluding hydrogens is 376 g/mol. The first-order valence-electron chi connectivity index (χ1n) is 10.1. The highest BCUT2D eigenvalue weighted by molar-refractivity contribution is 6.05. The van der Waals surface area contributed by atoms with E-state index in [0.29, 0.717) is 34.0 Å². The number of fused-ring (bicyclic) bond motifs is 1. The van der Waals surface area contributed by atoms with E-state index in [0.717, 1.165) is 12.0 Å². The molecule has 5 heteroatoms. The Morgan fingerprint density at radius 3 is 2.60 bits per heavy atom. The third-order valence-corrected chi connectivity index (χ3v) is 4.72. The van der Waals surface area contributed by atoms with E-state index < -0.39 is 0 Å². The highest BCUT2D eigenvalue weighted by Gasteiger charge is 2.12. The summed E-state index contributed by atoms with van der Waals surface area (Å²) >= 11 is 0. The molecule has 1 N–H and O–H groups in total. The molecule has 0 saturated carbocycles. The number of nitrogens with zero attached hydrogens (tertiary/aromatic N) is 1. The minimum atomic E-state index is -0.206. The summed E-state index contributed by atoms with van der Waals surface area (Å²) in [7, 11) is 0. The SMILES string of the molecule is CCc1ccc(-c2nc3cc(NC(=O)c4cccc(OC(C)C)c4)ccc3o2)cc1. The van der Waals surface area contributed by atoms with Gasteiger partial charge in [-0.1, -0.05) is 25.1 Å². The second-order valence-electron chi connectivity index (χ2n) is 7.40. The van der Waals surface area contributed by atoms with Gasteiger partial charge in [0.25, 0.3) is 5.91 Å². The van der Waals surface area contributed by atoms with Gasteiger partial charge in [-0.2, -0.15) is 0 Å². The van der Waals surface area contributed by atoms with Gasteiger partial charge in [-0.05, 0) is 74.4 Å². The van der Waals surface area contributed by atoms with E-state index in [1.54, 1.807) is 12.1 Å². The Bertz CT molecular complexity index is 1180. The first kappa shape index (κ1) is 19.7. The van der Waals surface area contributed by atoms with Gasteiger partial charge >= 0.3 is 0 Å². The van der Waals surface area contributed by atoms with Crippen LogP contribution >= 0.6 is 0 Å². The Hall–Kier alpha value is -3.60. The molecule has 0 aliphatic carbocycles. The van der Waals surface area contributed by atoms with Crippen molar-refractivity contribution in [3.63, 3.8) is 0 Å². The molecule has 0 atom stereocenters. The monoisotopic (exact) mass is 400 g/mol. The van der Waals surface area contributed by atoms with Gasteiger partial charge in [0.05, 0.1) is 6.10 Å². The zero-order valence-corrected chi connectivity index (χ0v) is 17.3. The van der Waals surface area contributed by atoms with Crippen LogP contribution in [-0.4, -0.2) is 17.0 Å². The van der Waals surface area contributed by atoms with Crippen molar-refractivity contribution in [3.8, 4) is 17.2 Å². The molecule has 152 valence electrons. The van der Waals surface area contributed by atoms with Crippen LogP contribution in [0, 0.1) is 0 Å². The number of aromatic nitrogens is 1. The summed E-state index contributed by atoms with van der Waals surface area (Å²) in [5.41, 5.74) is 4.75. The van der Waals surface area contributed by atoms with Crippen molar-refractivity contribution < 1.29 is 13.9 Å². The standard InChI is InChI=1S/C25H24N2O3/c1-4-17-8-10-18(11-9-17)25-27-22-15-20(12-13-23(22)30-25)26-24(28)19-6-5-7-21(14-19)29-16(2)3/h5-16H,4H2,1-3H3,(H,26,28). The Balaban J connectivity index is 1.54. The van der Waals surface area contributed by atoms with Gasteiger partial charge in [-0.3, -0.25) is 4.79 Å². The molecule has 3 aromatic carbocycles. The Morgan fingerprint density at radius 2 is 1.87 bits per heavy atom. The van der Waals surface area contributed by atoms with Crippen LogP contribution in [0.25, 0.3) is 22.6 Å². The van der Waals surface area contributed by atoms with Gasteiger partial charge < -0.3 is 14.5 Å². The Kier molecular flexibility index (Phi) is 5.53. The third kappa shape index (κ3) is 4.35. The van der Waals surface area contributed by atoms with E-state index >= 15 is 0 Å². The third-order valence-electron chi connectivity index (χ3n) is 4.72. The molecule has 30 heavy (non-hydrogen) atoms. The molecule has 0 fully saturated rings. The molecule has 5 nitrogen and oxygen atoms in total. The van der Waals surface area contributed by atoms with Gasteiger partial charge in [0.1, 0.15) is 11.3 Å². The molecule has 1 heterocycles. The number of benzene rings is 3. The number of carbonyl (C=O) groups is 1. The number of carbonyl (C=O) groups excluding carboxylic acids is 1. The molecule has 4 rings (SSSR count). The van der Waals surface area contributed by atoms with E-state index in [2.05, 4.69) is 29.4 Å². The van der Waals surface area contributed by atoms with Crippen molar-refractivity contribution in [3.05, 3.63) is 77.9 Å². The number of hydrogen-bond donors (Lipinski definition) is 1. The minimum Gasteiger partial charge on any atom is -0.491 e. The molecule has 1 amide bonds. The van der Waals surface area contributed by atoms with E-state index in [1.165, 1.54) is 5.56 Å². The lowest BCUT2D eigenvalue weighted by atomic mass is 10.1. The molecule has 4 aromatic rings. The number of amides is 1. The van der Waals surface area contributed by atoms with Crippen molar-refractivity contribution in [2.75, 3.05) is 5.32 Å². The van der Waals surface area contributed by atoms with Crippen LogP contribution in [-0.2, 0) is 6.42 Å². The fourth-order valence-electron chi connectivity index (χ4n) is 3.20. The van der Waals surface area contributed by atoms with Crippen molar-refractivity contribution in [1.29, 1.82) is 0 Å². The van der Waals surface area contributed by atoms with Gasteiger partial charge in [-0.25, -0.2) is 4.98 Å². The van der Waals surface area contributed by atoms with Crippen molar-refractivity contribution in [1.82, 2.24) is 4.98 Å². The summed E-state index contributed by atoms with van der Waals surface area (Å²) < 4.78 is 11.6. The average Bonchev–Trinajstić information content (AvgIpc) is 3.17. The van der Waals surface area contributed by atoms with Crippen molar-refractivity contribution in [2.24, 2.45) is 0 Å². The second-order valence-corrected chi connectivity index (χ2v) is 7.40. The molecule has 0 aliphatic rings. The predicted octanol–water partition coefficient (Wildman–Crippen LogP) is 6.10. The van der Waals surface area contributed by atoms with E-state index in [-0.39, 0.29) is 12.0 Å². The topological polar surface area (TPSA) is 64.4 Å². The van der Waals surface area contributed by atoms with Crippen LogP contribution < -0.4 is 10.1 Å². The van der Waals surface area contributed by atoms with Crippen LogP contribution in [0.15, 0.2) is 71.1 Å². The largest absolute Gasteiger partial charge is 0.491 e.